The minimum absolute atomic E-state index is 0.0464. The fraction of sp³-hybridized carbons (Fsp3) is 0.357. The number of allylic oxidation sites excluding steroid dienone is 3. The van der Waals surface area contributed by atoms with Gasteiger partial charge in [0.15, 0.2) is 17.3 Å². The van der Waals surface area contributed by atoms with Crippen LogP contribution in [0.3, 0.4) is 0 Å². The molecule has 0 aromatic heterocycles. The van der Waals surface area contributed by atoms with Gasteiger partial charge in [-0.25, -0.2) is 4.79 Å². The molecule has 2 aromatic rings. The zero-order chi connectivity index (χ0) is 26.2. The highest BCUT2D eigenvalue weighted by Gasteiger charge is 2.43. The number of dihydropyridines is 1. The van der Waals surface area contributed by atoms with E-state index in [0.29, 0.717) is 41.0 Å². The highest BCUT2D eigenvalue weighted by molar-refractivity contribution is 6.32. The van der Waals surface area contributed by atoms with Crippen LogP contribution in [0.5, 0.6) is 17.2 Å². The van der Waals surface area contributed by atoms with Gasteiger partial charge in [-0.15, -0.1) is 0 Å². The van der Waals surface area contributed by atoms with Crippen molar-refractivity contribution in [2.75, 3.05) is 14.2 Å². The summed E-state index contributed by atoms with van der Waals surface area (Å²) in [7, 11) is 3.00. The minimum atomic E-state index is -0.722. The van der Waals surface area contributed by atoms with E-state index in [1.165, 1.54) is 7.11 Å². The Morgan fingerprint density at radius 1 is 1.14 bits per heavy atom. The molecule has 0 saturated carbocycles. The van der Waals surface area contributed by atoms with Gasteiger partial charge in [0.2, 0.25) is 0 Å². The van der Waals surface area contributed by atoms with Gasteiger partial charge in [0.25, 0.3) is 0 Å². The Labute approximate surface area is 215 Å². The number of Topliss-reactive ketones (excluding diaryl/α,β-unsaturated/α-hetero) is 1. The summed E-state index contributed by atoms with van der Waals surface area (Å²) in [4.78, 5) is 27.0. The minimum Gasteiger partial charge on any atom is -0.503 e. The van der Waals surface area contributed by atoms with Crippen molar-refractivity contribution in [3.63, 3.8) is 0 Å². The number of hydrogen-bond acceptors (Lipinski definition) is 7. The van der Waals surface area contributed by atoms with Gasteiger partial charge in [0.1, 0.15) is 12.4 Å². The second-order valence-electron chi connectivity index (χ2n) is 9.91. The van der Waals surface area contributed by atoms with E-state index in [2.05, 4.69) is 5.32 Å². The number of benzene rings is 2. The van der Waals surface area contributed by atoms with Crippen LogP contribution in [0.25, 0.3) is 0 Å². The number of carbonyl (C=O) groups excluding carboxylic acids is 2. The predicted octanol–water partition coefficient (Wildman–Crippen LogP) is 5.41. The molecular formula is C28H30ClNO6. The van der Waals surface area contributed by atoms with Gasteiger partial charge in [0.05, 0.1) is 24.8 Å². The molecule has 2 aliphatic rings. The van der Waals surface area contributed by atoms with Crippen LogP contribution in [0.4, 0.5) is 0 Å². The van der Waals surface area contributed by atoms with E-state index >= 15 is 0 Å². The molecule has 0 spiro atoms. The lowest BCUT2D eigenvalue weighted by Gasteiger charge is -2.39. The molecule has 1 aliphatic carbocycles. The molecule has 2 aromatic carbocycles. The standard InChI is InChI=1S/C28H30ClNO6/c1-15-23(27(33)36-14-16-6-8-18(34-4)9-7-16)24(17-10-19(29)26(32)22(11-17)35-5)25-20(30-15)12-28(2,3)13-21(25)31/h6-11,24,30,32H,12-14H2,1-5H3. The first-order valence-corrected chi connectivity index (χ1v) is 12.0. The number of ketones is 1. The maximum absolute atomic E-state index is 13.5. The molecule has 0 amide bonds. The summed E-state index contributed by atoms with van der Waals surface area (Å²) in [5, 5.41) is 13.7. The molecule has 2 N–H and O–H groups in total. The number of phenolic OH excluding ortho intramolecular Hbond substituents is 1. The number of ether oxygens (including phenoxy) is 3. The van der Waals surface area contributed by atoms with Crippen LogP contribution in [0, 0.1) is 5.41 Å². The van der Waals surface area contributed by atoms with E-state index in [4.69, 9.17) is 25.8 Å². The predicted molar refractivity (Wildman–Crippen MR) is 136 cm³/mol. The summed E-state index contributed by atoms with van der Waals surface area (Å²) in [6.07, 6.45) is 0.999. The van der Waals surface area contributed by atoms with Crippen molar-refractivity contribution in [2.24, 2.45) is 5.41 Å². The summed E-state index contributed by atoms with van der Waals surface area (Å²) in [5.41, 5.74) is 3.37. The summed E-state index contributed by atoms with van der Waals surface area (Å²) in [5.74, 6) is -0.656. The van der Waals surface area contributed by atoms with Crippen molar-refractivity contribution in [2.45, 2.75) is 46.1 Å². The van der Waals surface area contributed by atoms with E-state index in [-0.39, 0.29) is 34.3 Å². The molecular weight excluding hydrogens is 482 g/mol. The maximum atomic E-state index is 13.5. The number of esters is 1. The molecule has 8 heteroatoms. The summed E-state index contributed by atoms with van der Waals surface area (Å²) in [6, 6.07) is 10.4. The smallest absolute Gasteiger partial charge is 0.337 e. The van der Waals surface area contributed by atoms with Gasteiger partial charge in [-0.2, -0.15) is 0 Å². The van der Waals surface area contributed by atoms with Crippen LogP contribution in [0.2, 0.25) is 5.02 Å². The highest BCUT2D eigenvalue weighted by Crippen LogP contribution is 2.49. The number of phenols is 1. The second kappa shape index (κ2) is 9.90. The molecule has 0 bridgehead atoms. The van der Waals surface area contributed by atoms with Crippen LogP contribution < -0.4 is 14.8 Å². The number of carbonyl (C=O) groups is 2. The Bertz CT molecular complexity index is 1280. The van der Waals surface area contributed by atoms with E-state index in [1.807, 2.05) is 26.0 Å². The van der Waals surface area contributed by atoms with Gasteiger partial charge in [-0.3, -0.25) is 4.79 Å². The largest absolute Gasteiger partial charge is 0.503 e. The zero-order valence-corrected chi connectivity index (χ0v) is 21.8. The van der Waals surface area contributed by atoms with Crippen LogP contribution in [-0.2, 0) is 20.9 Å². The molecule has 36 heavy (non-hydrogen) atoms. The van der Waals surface area contributed by atoms with Crippen molar-refractivity contribution >= 4 is 23.4 Å². The Kier molecular flexibility index (Phi) is 7.05. The molecule has 1 unspecified atom stereocenters. The molecule has 4 rings (SSSR count). The first kappa shape index (κ1) is 25.6. The number of hydrogen-bond donors (Lipinski definition) is 2. The van der Waals surface area contributed by atoms with Crippen molar-refractivity contribution in [3.8, 4) is 17.2 Å². The Balaban J connectivity index is 1.76. The molecule has 7 nitrogen and oxygen atoms in total. The van der Waals surface area contributed by atoms with Crippen LogP contribution in [0.15, 0.2) is 58.9 Å². The molecule has 190 valence electrons. The lowest BCUT2D eigenvalue weighted by Crippen LogP contribution is -2.38. The van der Waals surface area contributed by atoms with Gasteiger partial charge < -0.3 is 24.6 Å². The van der Waals surface area contributed by atoms with Gasteiger partial charge in [-0.1, -0.05) is 37.6 Å². The third kappa shape index (κ3) is 4.93. The lowest BCUT2D eigenvalue weighted by atomic mass is 9.68. The average Bonchev–Trinajstić information content (AvgIpc) is 2.82. The van der Waals surface area contributed by atoms with Crippen LogP contribution >= 0.6 is 11.6 Å². The van der Waals surface area contributed by atoms with Gasteiger partial charge in [0, 0.05) is 29.3 Å². The quantitative estimate of drug-likeness (QED) is 0.501. The number of rotatable bonds is 6. The van der Waals surface area contributed by atoms with E-state index < -0.39 is 11.9 Å². The van der Waals surface area contributed by atoms with Gasteiger partial charge in [-0.05, 0) is 54.2 Å². The Morgan fingerprint density at radius 3 is 2.47 bits per heavy atom. The fourth-order valence-electron chi connectivity index (χ4n) is 4.90. The number of halogens is 1. The number of nitrogens with one attached hydrogen (secondary N) is 1. The maximum Gasteiger partial charge on any atom is 0.337 e. The fourth-order valence-corrected chi connectivity index (χ4v) is 5.12. The van der Waals surface area contributed by atoms with Crippen molar-refractivity contribution in [1.82, 2.24) is 5.32 Å². The number of aromatic hydroxyl groups is 1. The summed E-state index contributed by atoms with van der Waals surface area (Å²) in [6.45, 7) is 5.94. The van der Waals surface area contributed by atoms with Crippen molar-refractivity contribution in [3.05, 3.63) is 75.1 Å². The number of methoxy groups -OCH3 is 2. The van der Waals surface area contributed by atoms with E-state index in [0.717, 1.165) is 11.3 Å². The second-order valence-corrected chi connectivity index (χ2v) is 10.3. The SMILES string of the molecule is COc1ccc(COC(=O)C2=C(C)NC3=C(C(=O)CC(C)(C)C3)C2c2cc(Cl)c(O)c(OC)c2)cc1. The average molecular weight is 512 g/mol. The van der Waals surface area contributed by atoms with Crippen molar-refractivity contribution < 1.29 is 28.9 Å². The lowest BCUT2D eigenvalue weighted by molar-refractivity contribution is -0.140. The molecule has 1 aliphatic heterocycles. The topological polar surface area (TPSA) is 94.1 Å². The third-order valence-corrected chi connectivity index (χ3v) is 6.88. The van der Waals surface area contributed by atoms with Gasteiger partial charge >= 0.3 is 5.97 Å². The molecule has 1 atom stereocenters. The molecule has 0 saturated heterocycles. The van der Waals surface area contributed by atoms with E-state index in [1.54, 1.807) is 38.3 Å². The van der Waals surface area contributed by atoms with E-state index in [9.17, 15) is 14.7 Å². The summed E-state index contributed by atoms with van der Waals surface area (Å²) >= 11 is 6.31. The van der Waals surface area contributed by atoms with Crippen LogP contribution in [-0.4, -0.2) is 31.1 Å². The zero-order valence-electron chi connectivity index (χ0n) is 21.0. The monoisotopic (exact) mass is 511 g/mol. The molecule has 0 fully saturated rings. The Morgan fingerprint density at radius 2 is 1.83 bits per heavy atom. The first-order chi connectivity index (χ1) is 17.0. The third-order valence-electron chi connectivity index (χ3n) is 6.59. The van der Waals surface area contributed by atoms with Crippen molar-refractivity contribution in [1.29, 1.82) is 0 Å². The first-order valence-electron chi connectivity index (χ1n) is 11.6. The molecule has 0 radical (unpaired) electrons. The summed E-state index contributed by atoms with van der Waals surface area (Å²) < 4.78 is 16.2. The Hall–Kier alpha value is -3.45. The highest BCUT2D eigenvalue weighted by atomic mass is 35.5. The van der Waals surface area contributed by atoms with Crippen LogP contribution in [0.1, 0.15) is 50.7 Å². The molecule has 1 heterocycles. The normalized spacial score (nSPS) is 18.9.